The van der Waals surface area contributed by atoms with E-state index in [0.717, 1.165) is 0 Å². The summed E-state index contributed by atoms with van der Waals surface area (Å²) >= 11 is 0. The zero-order chi connectivity index (χ0) is 17.7. The predicted octanol–water partition coefficient (Wildman–Crippen LogP) is 3.96. The molecule has 0 bridgehead atoms. The van der Waals surface area contributed by atoms with Crippen LogP contribution in [0, 0.1) is 0 Å². The lowest BCUT2D eigenvalue weighted by Gasteiger charge is -2.19. The van der Waals surface area contributed by atoms with Crippen LogP contribution in [0.25, 0.3) is 0 Å². The number of anilines is 1. The van der Waals surface area contributed by atoms with Crippen LogP contribution in [0.2, 0.25) is 0 Å². The Labute approximate surface area is 141 Å². The fraction of sp³-hybridized carbons (Fsp3) is 0.278. The maximum absolute atomic E-state index is 11.7. The maximum Gasteiger partial charge on any atom is 0.413 e. The van der Waals surface area contributed by atoms with Gasteiger partial charge in [0, 0.05) is 11.6 Å². The van der Waals surface area contributed by atoms with Crippen molar-refractivity contribution in [2.75, 3.05) is 12.8 Å². The number of ether oxygens (including phenoxy) is 3. The Kier molecular flexibility index (Phi) is 5.18. The lowest BCUT2D eigenvalue weighted by atomic mass is 10.1. The van der Waals surface area contributed by atoms with Gasteiger partial charge in [0.25, 0.3) is 0 Å². The number of nitrogens with two attached hydrogens (primary N) is 1. The molecule has 0 saturated carbocycles. The molecule has 3 N–H and O–H groups in total. The number of carbonyl (C=O) groups excluding carboxylic acids is 1. The molecular weight excluding hydrogens is 308 g/mol. The van der Waals surface area contributed by atoms with Crippen molar-refractivity contribution in [3.63, 3.8) is 0 Å². The van der Waals surface area contributed by atoms with Gasteiger partial charge in [-0.15, -0.1) is 0 Å². The van der Waals surface area contributed by atoms with Crippen molar-refractivity contribution in [2.24, 2.45) is 0 Å². The molecule has 0 unspecified atom stereocenters. The molecule has 0 aliphatic heterocycles. The highest BCUT2D eigenvalue weighted by atomic mass is 16.6. The molecule has 24 heavy (non-hydrogen) atoms. The van der Waals surface area contributed by atoms with E-state index < -0.39 is 6.09 Å². The number of nitrogen functional groups attached to an aromatic ring is 1. The van der Waals surface area contributed by atoms with Gasteiger partial charge in [-0.25, -0.2) is 4.79 Å². The smallest absolute Gasteiger partial charge is 0.413 e. The fourth-order valence-corrected chi connectivity index (χ4v) is 1.91. The van der Waals surface area contributed by atoms with Crippen LogP contribution in [-0.2, 0) is 0 Å². The van der Waals surface area contributed by atoms with Crippen molar-refractivity contribution in [3.8, 4) is 23.0 Å². The first-order chi connectivity index (χ1) is 11.3. The van der Waals surface area contributed by atoms with Gasteiger partial charge in [0.05, 0.1) is 12.8 Å². The van der Waals surface area contributed by atoms with Crippen LogP contribution in [0.15, 0.2) is 42.5 Å². The number of hydrogen-bond donors (Lipinski definition) is 2. The number of methoxy groups -OCH3 is 1. The summed E-state index contributed by atoms with van der Waals surface area (Å²) in [6.07, 6.45) is -0.501. The summed E-state index contributed by atoms with van der Waals surface area (Å²) in [5.41, 5.74) is 5.96. The van der Waals surface area contributed by atoms with Crippen LogP contribution in [0.4, 0.5) is 10.5 Å². The Bertz CT molecular complexity index is 706. The third kappa shape index (κ3) is 5.08. The van der Waals surface area contributed by atoms with Gasteiger partial charge < -0.3 is 25.3 Å². The van der Waals surface area contributed by atoms with Crippen LogP contribution in [0.1, 0.15) is 20.8 Å². The lowest BCUT2D eigenvalue weighted by molar-refractivity contribution is 0.190. The average Bonchev–Trinajstić information content (AvgIpc) is 2.49. The van der Waals surface area contributed by atoms with Crippen LogP contribution in [-0.4, -0.2) is 18.7 Å². The van der Waals surface area contributed by atoms with Crippen molar-refractivity contribution < 1.29 is 19.0 Å². The maximum atomic E-state index is 11.7. The Morgan fingerprint density at radius 2 is 1.58 bits per heavy atom. The van der Waals surface area contributed by atoms with Crippen molar-refractivity contribution in [3.05, 3.63) is 42.5 Å². The summed E-state index contributed by atoms with van der Waals surface area (Å²) in [7, 11) is 1.55. The SMILES string of the molecule is COc1cc(Oc2ccc(OC(=O)NC(C)(C)C)cc2)ccc1N. The van der Waals surface area contributed by atoms with E-state index in [-0.39, 0.29) is 5.54 Å². The van der Waals surface area contributed by atoms with Gasteiger partial charge >= 0.3 is 6.09 Å². The average molecular weight is 330 g/mol. The van der Waals surface area contributed by atoms with Crippen molar-refractivity contribution in [2.45, 2.75) is 26.3 Å². The van der Waals surface area contributed by atoms with Gasteiger partial charge in [-0.1, -0.05) is 0 Å². The number of hydrogen-bond acceptors (Lipinski definition) is 5. The predicted molar refractivity (Wildman–Crippen MR) is 92.8 cm³/mol. The summed E-state index contributed by atoms with van der Waals surface area (Å²) in [4.78, 5) is 11.7. The number of carbonyl (C=O) groups is 1. The molecule has 0 fully saturated rings. The van der Waals surface area contributed by atoms with Crippen molar-refractivity contribution >= 4 is 11.8 Å². The zero-order valence-electron chi connectivity index (χ0n) is 14.3. The molecule has 2 aromatic rings. The minimum atomic E-state index is -0.501. The standard InChI is InChI=1S/C18H22N2O4/c1-18(2,3)20-17(21)24-13-7-5-12(6-8-13)23-14-9-10-15(19)16(11-14)22-4/h5-11H,19H2,1-4H3,(H,20,21). The summed E-state index contributed by atoms with van der Waals surface area (Å²) in [5, 5.41) is 2.72. The van der Waals surface area contributed by atoms with E-state index in [1.165, 1.54) is 0 Å². The second-order valence-corrected chi connectivity index (χ2v) is 6.24. The molecule has 0 saturated heterocycles. The minimum absolute atomic E-state index is 0.353. The van der Waals surface area contributed by atoms with E-state index in [0.29, 0.717) is 28.7 Å². The van der Waals surface area contributed by atoms with Gasteiger partial charge in [0.1, 0.15) is 23.0 Å². The highest BCUT2D eigenvalue weighted by Gasteiger charge is 2.15. The Hall–Kier alpha value is -2.89. The first-order valence-corrected chi connectivity index (χ1v) is 7.48. The van der Waals surface area contributed by atoms with E-state index in [1.807, 2.05) is 20.8 Å². The van der Waals surface area contributed by atoms with E-state index >= 15 is 0 Å². The molecule has 0 aliphatic rings. The molecule has 6 nitrogen and oxygen atoms in total. The van der Waals surface area contributed by atoms with E-state index in [9.17, 15) is 4.79 Å². The third-order valence-corrected chi connectivity index (χ3v) is 2.95. The van der Waals surface area contributed by atoms with Gasteiger partial charge in [-0.05, 0) is 57.2 Å². The fourth-order valence-electron chi connectivity index (χ4n) is 1.91. The topological polar surface area (TPSA) is 82.8 Å². The minimum Gasteiger partial charge on any atom is -0.494 e. The highest BCUT2D eigenvalue weighted by molar-refractivity contribution is 5.71. The highest BCUT2D eigenvalue weighted by Crippen LogP contribution is 2.30. The molecule has 128 valence electrons. The first kappa shape index (κ1) is 17.5. The largest absolute Gasteiger partial charge is 0.494 e. The van der Waals surface area contributed by atoms with Crippen LogP contribution in [0.5, 0.6) is 23.0 Å². The molecule has 2 rings (SSSR count). The van der Waals surface area contributed by atoms with Crippen molar-refractivity contribution in [1.29, 1.82) is 0 Å². The van der Waals surface area contributed by atoms with E-state index in [1.54, 1.807) is 49.6 Å². The number of benzene rings is 2. The number of rotatable bonds is 4. The Morgan fingerprint density at radius 1 is 1.00 bits per heavy atom. The van der Waals surface area contributed by atoms with Crippen LogP contribution >= 0.6 is 0 Å². The Morgan fingerprint density at radius 3 is 2.17 bits per heavy atom. The van der Waals surface area contributed by atoms with Gasteiger partial charge in [-0.3, -0.25) is 0 Å². The van der Waals surface area contributed by atoms with Gasteiger partial charge in [0.2, 0.25) is 0 Å². The summed E-state index contributed by atoms with van der Waals surface area (Å²) in [5.74, 6) is 2.18. The normalized spacial score (nSPS) is 10.8. The summed E-state index contributed by atoms with van der Waals surface area (Å²) in [6, 6.07) is 11.9. The molecular formula is C18H22N2O4. The molecule has 0 spiro atoms. The number of amides is 1. The molecule has 0 aliphatic carbocycles. The molecule has 0 aromatic heterocycles. The molecule has 6 heteroatoms. The van der Waals surface area contributed by atoms with E-state index in [4.69, 9.17) is 19.9 Å². The van der Waals surface area contributed by atoms with Gasteiger partial charge in [0.15, 0.2) is 0 Å². The van der Waals surface area contributed by atoms with Crippen molar-refractivity contribution in [1.82, 2.24) is 5.32 Å². The van der Waals surface area contributed by atoms with Gasteiger partial charge in [-0.2, -0.15) is 0 Å². The molecule has 0 atom stereocenters. The van der Waals surface area contributed by atoms with E-state index in [2.05, 4.69) is 5.32 Å². The summed E-state index contributed by atoms with van der Waals surface area (Å²) in [6.45, 7) is 5.64. The third-order valence-electron chi connectivity index (χ3n) is 2.95. The quantitative estimate of drug-likeness (QED) is 0.829. The molecule has 1 amide bonds. The Balaban J connectivity index is 2.01. The summed E-state index contributed by atoms with van der Waals surface area (Å²) < 4.78 is 16.1. The van der Waals surface area contributed by atoms with Crippen LogP contribution < -0.4 is 25.3 Å². The second-order valence-electron chi connectivity index (χ2n) is 6.24. The first-order valence-electron chi connectivity index (χ1n) is 7.48. The zero-order valence-corrected chi connectivity index (χ0v) is 14.3. The second kappa shape index (κ2) is 7.12. The molecule has 0 radical (unpaired) electrons. The molecule has 2 aromatic carbocycles. The van der Waals surface area contributed by atoms with Crippen LogP contribution in [0.3, 0.4) is 0 Å². The molecule has 0 heterocycles. The number of nitrogens with one attached hydrogen (secondary N) is 1. The monoisotopic (exact) mass is 330 g/mol. The lowest BCUT2D eigenvalue weighted by Crippen LogP contribution is -2.42.